The van der Waals surface area contributed by atoms with Crippen LogP contribution in [0, 0.1) is 12.8 Å². The Kier molecular flexibility index (Phi) is 4.25. The monoisotopic (exact) mass is 297 g/mol. The van der Waals surface area contributed by atoms with E-state index in [9.17, 15) is 8.42 Å². The lowest BCUT2D eigenvalue weighted by Gasteiger charge is -2.34. The maximum atomic E-state index is 11.7. The van der Waals surface area contributed by atoms with Crippen LogP contribution in [-0.4, -0.2) is 21.5 Å². The number of nitrogens with zero attached hydrogens (tertiary/aromatic N) is 1. The average Bonchev–Trinajstić information content (AvgIpc) is 2.30. The van der Waals surface area contributed by atoms with Gasteiger partial charge in [0.2, 0.25) is 10.0 Å². The quantitative estimate of drug-likeness (QED) is 0.812. The molecule has 112 valence electrons. The molecule has 6 heteroatoms. The van der Waals surface area contributed by atoms with Crippen LogP contribution >= 0.6 is 0 Å². The molecule has 1 aromatic rings. The minimum absolute atomic E-state index is 0.125. The molecular formula is C14H23N3O2S. The summed E-state index contributed by atoms with van der Waals surface area (Å²) in [5, 5.41) is 5.27. The van der Waals surface area contributed by atoms with Crippen LogP contribution < -0.4 is 15.8 Å². The summed E-state index contributed by atoms with van der Waals surface area (Å²) in [5.41, 5.74) is 7.84. The average molecular weight is 297 g/mol. The SMILES string of the molecule is CCN(CC1CCC1)c1cc(N)cc(S(N)(=O)=O)c1C. The lowest BCUT2D eigenvalue weighted by molar-refractivity contribution is 0.318. The zero-order chi connectivity index (χ0) is 14.9. The van der Waals surface area contributed by atoms with Crippen LogP contribution in [0.4, 0.5) is 11.4 Å². The summed E-state index contributed by atoms with van der Waals surface area (Å²) in [7, 11) is -3.75. The van der Waals surface area contributed by atoms with Gasteiger partial charge in [0, 0.05) is 24.5 Å². The van der Waals surface area contributed by atoms with Crippen molar-refractivity contribution >= 4 is 21.4 Å². The van der Waals surface area contributed by atoms with E-state index in [0.29, 0.717) is 17.2 Å². The van der Waals surface area contributed by atoms with E-state index in [1.54, 1.807) is 6.92 Å². The Bertz CT molecular complexity index is 595. The first-order chi connectivity index (χ1) is 9.32. The molecule has 0 saturated heterocycles. The van der Waals surface area contributed by atoms with Crippen LogP contribution in [0.15, 0.2) is 17.0 Å². The van der Waals surface area contributed by atoms with E-state index >= 15 is 0 Å². The van der Waals surface area contributed by atoms with Crippen molar-refractivity contribution in [3.8, 4) is 0 Å². The second-order valence-corrected chi connectivity index (χ2v) is 7.07. The topological polar surface area (TPSA) is 89.4 Å². The summed E-state index contributed by atoms with van der Waals surface area (Å²) in [6, 6.07) is 3.28. The van der Waals surface area contributed by atoms with Crippen LogP contribution in [0.25, 0.3) is 0 Å². The number of primary sulfonamides is 1. The number of nitrogen functional groups attached to an aromatic ring is 1. The highest BCUT2D eigenvalue weighted by Crippen LogP contribution is 2.33. The molecule has 0 bridgehead atoms. The van der Waals surface area contributed by atoms with Gasteiger partial charge in [-0.05, 0) is 50.3 Å². The predicted molar refractivity (Wildman–Crippen MR) is 82.2 cm³/mol. The largest absolute Gasteiger partial charge is 0.399 e. The van der Waals surface area contributed by atoms with Gasteiger partial charge in [-0.3, -0.25) is 0 Å². The molecule has 0 amide bonds. The molecule has 20 heavy (non-hydrogen) atoms. The summed E-state index contributed by atoms with van der Waals surface area (Å²) < 4.78 is 23.3. The fraction of sp³-hybridized carbons (Fsp3) is 0.571. The normalized spacial score (nSPS) is 15.9. The summed E-state index contributed by atoms with van der Waals surface area (Å²) in [4.78, 5) is 2.32. The van der Waals surface area contributed by atoms with Crippen molar-refractivity contribution in [3.05, 3.63) is 17.7 Å². The van der Waals surface area contributed by atoms with E-state index in [4.69, 9.17) is 10.9 Å². The fourth-order valence-corrected chi connectivity index (χ4v) is 3.53. The zero-order valence-corrected chi connectivity index (χ0v) is 12.9. The lowest BCUT2D eigenvalue weighted by atomic mass is 9.85. The first-order valence-corrected chi connectivity index (χ1v) is 8.55. The molecule has 1 saturated carbocycles. The van der Waals surface area contributed by atoms with Gasteiger partial charge in [0.15, 0.2) is 0 Å². The van der Waals surface area contributed by atoms with Crippen LogP contribution in [0.1, 0.15) is 31.7 Å². The maximum Gasteiger partial charge on any atom is 0.238 e. The molecule has 0 radical (unpaired) electrons. The van der Waals surface area contributed by atoms with Gasteiger partial charge in [-0.2, -0.15) is 0 Å². The van der Waals surface area contributed by atoms with E-state index < -0.39 is 10.0 Å². The van der Waals surface area contributed by atoms with Crippen molar-refractivity contribution in [3.63, 3.8) is 0 Å². The Balaban J connectivity index is 2.41. The van der Waals surface area contributed by atoms with Crippen LogP contribution in [-0.2, 0) is 10.0 Å². The molecule has 1 aliphatic rings. The number of sulfonamides is 1. The van der Waals surface area contributed by atoms with Crippen molar-refractivity contribution < 1.29 is 8.42 Å². The van der Waals surface area contributed by atoms with Crippen molar-refractivity contribution in [2.45, 2.75) is 38.0 Å². The number of benzene rings is 1. The summed E-state index contributed by atoms with van der Waals surface area (Å²) in [6.07, 6.45) is 3.79. The molecule has 4 N–H and O–H groups in total. The van der Waals surface area contributed by atoms with Crippen molar-refractivity contribution in [2.75, 3.05) is 23.7 Å². The molecular weight excluding hydrogens is 274 g/mol. The molecule has 0 aliphatic heterocycles. The highest BCUT2D eigenvalue weighted by molar-refractivity contribution is 7.89. The highest BCUT2D eigenvalue weighted by atomic mass is 32.2. The molecule has 1 aliphatic carbocycles. The van der Waals surface area contributed by atoms with E-state index in [1.165, 1.54) is 25.3 Å². The minimum Gasteiger partial charge on any atom is -0.399 e. The van der Waals surface area contributed by atoms with Gasteiger partial charge in [0.1, 0.15) is 0 Å². The Morgan fingerprint density at radius 1 is 1.35 bits per heavy atom. The van der Waals surface area contributed by atoms with Crippen LogP contribution in [0.5, 0.6) is 0 Å². The Morgan fingerprint density at radius 2 is 2.00 bits per heavy atom. The number of anilines is 2. The van der Waals surface area contributed by atoms with Crippen molar-refractivity contribution in [1.29, 1.82) is 0 Å². The van der Waals surface area contributed by atoms with Crippen LogP contribution in [0.3, 0.4) is 0 Å². The molecule has 1 aromatic carbocycles. The fourth-order valence-electron chi connectivity index (χ4n) is 2.70. The third-order valence-corrected chi connectivity index (χ3v) is 5.12. The second kappa shape index (κ2) is 5.61. The number of hydrogen-bond acceptors (Lipinski definition) is 4. The molecule has 0 atom stereocenters. The third-order valence-electron chi connectivity index (χ3n) is 4.09. The molecule has 0 unspecified atom stereocenters. The van der Waals surface area contributed by atoms with Crippen LogP contribution in [0.2, 0.25) is 0 Å². The van der Waals surface area contributed by atoms with Gasteiger partial charge in [0.25, 0.3) is 0 Å². The Hall–Kier alpha value is -1.27. The zero-order valence-electron chi connectivity index (χ0n) is 12.1. The van der Waals surface area contributed by atoms with Gasteiger partial charge in [0.05, 0.1) is 4.90 Å². The van der Waals surface area contributed by atoms with Gasteiger partial charge < -0.3 is 10.6 Å². The summed E-state index contributed by atoms with van der Waals surface area (Å²) >= 11 is 0. The minimum atomic E-state index is -3.75. The van der Waals surface area contributed by atoms with Gasteiger partial charge in [-0.1, -0.05) is 6.42 Å². The van der Waals surface area contributed by atoms with Gasteiger partial charge >= 0.3 is 0 Å². The molecule has 1 fully saturated rings. The Labute approximate surface area is 121 Å². The van der Waals surface area contributed by atoms with E-state index in [-0.39, 0.29) is 4.90 Å². The van der Waals surface area contributed by atoms with E-state index in [0.717, 1.165) is 18.8 Å². The first kappa shape index (κ1) is 15.1. The first-order valence-electron chi connectivity index (χ1n) is 7.00. The highest BCUT2D eigenvalue weighted by Gasteiger charge is 2.23. The van der Waals surface area contributed by atoms with Crippen molar-refractivity contribution in [1.82, 2.24) is 0 Å². The molecule has 2 rings (SSSR count). The molecule has 0 heterocycles. The number of nitrogens with two attached hydrogens (primary N) is 2. The molecule has 5 nitrogen and oxygen atoms in total. The van der Waals surface area contributed by atoms with Gasteiger partial charge in [-0.15, -0.1) is 0 Å². The maximum absolute atomic E-state index is 11.7. The summed E-state index contributed by atoms with van der Waals surface area (Å²) in [5.74, 6) is 0.703. The lowest BCUT2D eigenvalue weighted by Crippen LogP contribution is -2.33. The van der Waals surface area contributed by atoms with E-state index in [2.05, 4.69) is 11.8 Å². The second-order valence-electron chi connectivity index (χ2n) is 5.54. The third kappa shape index (κ3) is 3.07. The number of hydrogen-bond donors (Lipinski definition) is 2. The van der Waals surface area contributed by atoms with Gasteiger partial charge in [-0.25, -0.2) is 13.6 Å². The summed E-state index contributed by atoms with van der Waals surface area (Å²) in [6.45, 7) is 5.63. The van der Waals surface area contributed by atoms with E-state index in [1.807, 2.05) is 6.07 Å². The standard InChI is InChI=1S/C14H23N3O2S/c1-3-17(9-11-5-4-6-11)13-7-12(15)8-14(10(13)2)20(16,18)19/h7-8,11H,3-6,9,15H2,1-2H3,(H2,16,18,19). The predicted octanol–water partition coefficient (Wildman–Crippen LogP) is 1.85. The van der Waals surface area contributed by atoms with Crippen molar-refractivity contribution in [2.24, 2.45) is 11.1 Å². The smallest absolute Gasteiger partial charge is 0.238 e. The number of rotatable bonds is 5. The molecule has 0 aromatic heterocycles. The Morgan fingerprint density at radius 3 is 2.45 bits per heavy atom. The molecule has 0 spiro atoms.